The van der Waals surface area contributed by atoms with E-state index in [0.29, 0.717) is 18.2 Å². The van der Waals surface area contributed by atoms with E-state index in [-0.39, 0.29) is 26.8 Å². The number of aliphatic hydroxyl groups is 1. The predicted molar refractivity (Wildman–Crippen MR) is 223 cm³/mol. The highest BCUT2D eigenvalue weighted by atomic mass is 32.2. The van der Waals surface area contributed by atoms with Crippen LogP contribution in [0.5, 0.6) is 0 Å². The lowest BCUT2D eigenvalue weighted by atomic mass is 9.95. The number of carboxylic acids is 1. The number of hydrogen-bond donors (Lipinski definition) is 6. The molecule has 0 saturated carbocycles. The number of aliphatic hydroxyl groups excluding tert-OH is 1. The van der Waals surface area contributed by atoms with Crippen LogP contribution in [0.2, 0.25) is 0 Å². The largest absolute Gasteiger partial charge is 0.506 e. The van der Waals surface area contributed by atoms with Crippen molar-refractivity contribution < 1.29 is 67.1 Å². The zero-order chi connectivity index (χ0) is 46.0. The molecule has 19 nitrogen and oxygen atoms in total. The van der Waals surface area contributed by atoms with Crippen LogP contribution in [0.3, 0.4) is 0 Å². The summed E-state index contributed by atoms with van der Waals surface area (Å²) in [6.07, 6.45) is -0.934. The average molecular weight is 937 g/mol. The molecule has 5 aromatic rings. The molecule has 1 unspecified atom stereocenters. The summed E-state index contributed by atoms with van der Waals surface area (Å²) in [5, 5.41) is 22.3. The number of anilines is 2. The Hall–Kier alpha value is -6.73. The van der Waals surface area contributed by atoms with Crippen LogP contribution in [-0.4, -0.2) is 80.0 Å². The number of Topliss-reactive ketones (excluding diaryl/α,β-unsaturated/α-hetero) is 1. The van der Waals surface area contributed by atoms with Gasteiger partial charge in [-0.05, 0) is 48.2 Å². The Bertz CT molecular complexity index is 3810. The van der Waals surface area contributed by atoms with Gasteiger partial charge in [0, 0.05) is 27.0 Å². The molecule has 0 bridgehead atoms. The molecular formula is C40H28N2O17S4. The van der Waals surface area contributed by atoms with Gasteiger partial charge >= 0.3 is 5.97 Å². The molecule has 0 fully saturated rings. The van der Waals surface area contributed by atoms with E-state index >= 15 is 0 Å². The third kappa shape index (κ3) is 8.32. The SMILES string of the molecule is O=C(O)C(CCS(=O)(=O)c1ccc(Nc2cc(S(=O)(=O)O)c3nc(=O)c(=C(O)c4ccccc4)c4c5ccccc5c(=O)c2c3=4)c(S(=O)(=O)O)c1)C(=O)c1cccc(S(=O)(=O)O)c1. The minimum absolute atomic E-state index is 0.0436. The van der Waals surface area contributed by atoms with Crippen LogP contribution in [0.4, 0.5) is 11.4 Å². The van der Waals surface area contributed by atoms with Crippen molar-refractivity contribution >= 4 is 90.8 Å². The van der Waals surface area contributed by atoms with Gasteiger partial charge in [0.15, 0.2) is 21.0 Å². The van der Waals surface area contributed by atoms with Crippen molar-refractivity contribution in [2.45, 2.75) is 26.0 Å². The molecule has 5 aromatic carbocycles. The van der Waals surface area contributed by atoms with Gasteiger partial charge in [-0.1, -0.05) is 66.7 Å². The normalized spacial score (nSPS) is 13.6. The number of nitrogens with zero attached hydrogens (tertiary/aromatic N) is 1. The number of nitrogens with one attached hydrogen (secondary N) is 1. The lowest BCUT2D eigenvalue weighted by Crippen LogP contribution is -2.33. The number of hydrogen-bond acceptors (Lipinski definition) is 15. The fourth-order valence-electron chi connectivity index (χ4n) is 7.11. The molecule has 324 valence electrons. The van der Waals surface area contributed by atoms with Crippen LogP contribution < -0.4 is 21.5 Å². The summed E-state index contributed by atoms with van der Waals surface area (Å²) in [4.78, 5) is 53.4. The molecule has 1 aliphatic heterocycles. The maximum absolute atomic E-state index is 14.4. The van der Waals surface area contributed by atoms with Crippen LogP contribution in [0.15, 0.2) is 132 Å². The standard InChI is InChI=1S/C40H28N2O17S4/c43-36(21-9-6-10-23(17-21)61(51,52)53)26(40(47)48)15-16-60(49,50)22-13-14-27(29(18-22)62(54,55)56)41-28-19-30(63(57,58)59)35-33-31(24-11-4-5-12-25(24)38(45)32(28)33)34(39(46)42-35)37(44)20-7-2-1-3-8-20/h1-14,17-19,26,41,44H,15-16H2,(H,47,48)(H,51,52,53)(H,54,55,56)(H,57,58,59). The van der Waals surface area contributed by atoms with Gasteiger partial charge < -0.3 is 15.5 Å². The molecule has 0 saturated heterocycles. The summed E-state index contributed by atoms with van der Waals surface area (Å²) >= 11 is 0. The van der Waals surface area contributed by atoms with Crippen LogP contribution in [0.1, 0.15) is 22.3 Å². The van der Waals surface area contributed by atoms with E-state index in [9.17, 15) is 76.7 Å². The lowest BCUT2D eigenvalue weighted by Gasteiger charge is -2.17. The molecule has 1 aliphatic carbocycles. The monoisotopic (exact) mass is 936 g/mol. The van der Waals surface area contributed by atoms with Crippen LogP contribution in [-0.2, 0) is 45.0 Å². The molecule has 0 radical (unpaired) electrons. The molecule has 2 aliphatic rings. The minimum Gasteiger partial charge on any atom is -0.506 e. The third-order valence-corrected chi connectivity index (χ3v) is 14.3. The van der Waals surface area contributed by atoms with E-state index in [1.807, 2.05) is 0 Å². The van der Waals surface area contributed by atoms with Crippen molar-refractivity contribution in [1.82, 2.24) is 4.98 Å². The average Bonchev–Trinajstić information content (AvgIpc) is 3.21. The van der Waals surface area contributed by atoms with Crippen molar-refractivity contribution in [1.29, 1.82) is 0 Å². The van der Waals surface area contributed by atoms with E-state index in [4.69, 9.17) is 0 Å². The molecule has 63 heavy (non-hydrogen) atoms. The Morgan fingerprint density at radius 3 is 1.86 bits per heavy atom. The predicted octanol–water partition coefficient (Wildman–Crippen LogP) is 2.94. The van der Waals surface area contributed by atoms with Crippen molar-refractivity contribution in [3.8, 4) is 0 Å². The number of fused-ring (bicyclic) bond motifs is 2. The summed E-state index contributed by atoms with van der Waals surface area (Å²) in [5.41, 5.74) is -4.33. The number of carbonyl (C=O) groups excluding carboxylic acids is 1. The number of carbonyl (C=O) groups is 2. The van der Waals surface area contributed by atoms with Crippen molar-refractivity contribution in [2.75, 3.05) is 11.1 Å². The first-order chi connectivity index (χ1) is 29.4. The maximum Gasteiger partial charge on any atom is 0.314 e. The lowest BCUT2D eigenvalue weighted by molar-refractivity contribution is -0.140. The van der Waals surface area contributed by atoms with Gasteiger partial charge in [-0.25, -0.2) is 13.4 Å². The van der Waals surface area contributed by atoms with Gasteiger partial charge in [-0.2, -0.15) is 25.3 Å². The van der Waals surface area contributed by atoms with Gasteiger partial charge in [0.25, 0.3) is 35.9 Å². The molecule has 6 N–H and O–H groups in total. The maximum atomic E-state index is 14.4. The van der Waals surface area contributed by atoms with E-state index in [1.54, 1.807) is 18.2 Å². The number of sulfone groups is 1. The second-order valence-corrected chi connectivity index (χ2v) is 20.2. The summed E-state index contributed by atoms with van der Waals surface area (Å²) in [6, 6.07) is 19.7. The molecule has 1 heterocycles. The number of ketones is 1. The van der Waals surface area contributed by atoms with E-state index in [2.05, 4.69) is 10.3 Å². The molecule has 23 heteroatoms. The number of aliphatic carboxylic acids is 1. The Morgan fingerprint density at radius 1 is 0.619 bits per heavy atom. The van der Waals surface area contributed by atoms with Gasteiger partial charge in [0.1, 0.15) is 21.5 Å². The zero-order valence-electron chi connectivity index (χ0n) is 31.5. The fraction of sp³-hybridized carbons (Fsp3) is 0.0750. The summed E-state index contributed by atoms with van der Waals surface area (Å²) < 4.78 is 132. The second kappa shape index (κ2) is 15.9. The van der Waals surface area contributed by atoms with Gasteiger partial charge in [0.2, 0.25) is 0 Å². The summed E-state index contributed by atoms with van der Waals surface area (Å²) in [7, 11) is -20.4. The summed E-state index contributed by atoms with van der Waals surface area (Å²) in [5.74, 6) is -6.88. The van der Waals surface area contributed by atoms with E-state index < -0.39 is 139 Å². The highest BCUT2D eigenvalue weighted by Gasteiger charge is 2.32. The van der Waals surface area contributed by atoms with Crippen molar-refractivity contribution in [3.63, 3.8) is 0 Å². The van der Waals surface area contributed by atoms with E-state index in [0.717, 1.165) is 30.3 Å². The molecular weight excluding hydrogens is 909 g/mol. The highest BCUT2D eigenvalue weighted by molar-refractivity contribution is 7.91. The molecule has 1 atom stereocenters. The smallest absolute Gasteiger partial charge is 0.314 e. The Balaban J connectivity index is 1.40. The van der Waals surface area contributed by atoms with Crippen LogP contribution >= 0.6 is 0 Å². The molecule has 0 aromatic heterocycles. The minimum atomic E-state index is -5.45. The van der Waals surface area contributed by atoms with Crippen molar-refractivity contribution in [3.05, 3.63) is 150 Å². The second-order valence-electron chi connectivity index (χ2n) is 13.9. The van der Waals surface area contributed by atoms with Crippen molar-refractivity contribution in [2.24, 2.45) is 5.92 Å². The third-order valence-electron chi connectivity index (χ3n) is 9.99. The van der Waals surface area contributed by atoms with E-state index in [1.165, 1.54) is 36.4 Å². The first-order valence-corrected chi connectivity index (χ1v) is 23.8. The Morgan fingerprint density at radius 2 is 1.24 bits per heavy atom. The van der Waals surface area contributed by atoms with Crippen LogP contribution in [0, 0.1) is 16.4 Å². The number of rotatable bonds is 13. The van der Waals surface area contributed by atoms with Gasteiger partial charge in [-0.3, -0.25) is 32.8 Å². The fourth-order valence-corrected chi connectivity index (χ4v) is 10.4. The topological polar surface area (TPSA) is 331 Å². The number of carboxylic acid groups (broad SMARTS) is 1. The number of benzene rings is 5. The first kappa shape index (κ1) is 44.3. The van der Waals surface area contributed by atoms with Gasteiger partial charge in [-0.15, -0.1) is 0 Å². The zero-order valence-corrected chi connectivity index (χ0v) is 34.8. The number of aromatic nitrogens is 1. The molecule has 0 spiro atoms. The first-order valence-electron chi connectivity index (χ1n) is 17.8. The van der Waals surface area contributed by atoms with Crippen LogP contribution in [0.25, 0.3) is 27.4 Å². The van der Waals surface area contributed by atoms with Gasteiger partial charge in [0.05, 0.1) is 43.0 Å². The Labute approximate surface area is 354 Å². The molecule has 0 amide bonds. The Kier molecular flexibility index (Phi) is 11.2. The quantitative estimate of drug-likeness (QED) is 0.0550. The highest BCUT2D eigenvalue weighted by Crippen LogP contribution is 2.35. The molecule has 7 rings (SSSR count). The summed E-state index contributed by atoms with van der Waals surface area (Å²) in [6.45, 7) is 0.